The van der Waals surface area contributed by atoms with Crippen LogP contribution in [0.2, 0.25) is 0 Å². The summed E-state index contributed by atoms with van der Waals surface area (Å²) in [7, 11) is 0. The van der Waals surface area contributed by atoms with Gasteiger partial charge in [-0.05, 0) is 35.6 Å². The topological polar surface area (TPSA) is 49.3 Å². The maximum atomic E-state index is 11.5. The molecule has 0 saturated carbocycles. The fourth-order valence-electron chi connectivity index (χ4n) is 2.02. The Bertz CT molecular complexity index is 646. The van der Waals surface area contributed by atoms with Gasteiger partial charge < -0.3 is 10.4 Å². The van der Waals surface area contributed by atoms with E-state index in [0.717, 1.165) is 20.7 Å². The molecule has 0 spiro atoms. The van der Waals surface area contributed by atoms with Crippen molar-refractivity contribution in [1.82, 2.24) is 0 Å². The van der Waals surface area contributed by atoms with Crippen molar-refractivity contribution < 1.29 is 9.90 Å². The van der Waals surface area contributed by atoms with Gasteiger partial charge in [0.15, 0.2) is 0 Å². The van der Waals surface area contributed by atoms with Gasteiger partial charge in [-0.2, -0.15) is 0 Å². The van der Waals surface area contributed by atoms with E-state index in [0.29, 0.717) is 17.8 Å². The normalized spacial score (nSPS) is 10.4. The summed E-state index contributed by atoms with van der Waals surface area (Å²) in [4.78, 5) is 12.3. The standard InChI is InChI=1S/C16H16BrNO2S/c1-2-21-14-8-4-7-13(15(14)16(19)20)18-10-11-5-3-6-12(17)9-11/h3-9,18H,2,10H2,1H3,(H,19,20). The van der Waals surface area contributed by atoms with Gasteiger partial charge in [0.1, 0.15) is 0 Å². The summed E-state index contributed by atoms with van der Waals surface area (Å²) < 4.78 is 1.01. The second kappa shape index (κ2) is 7.52. The van der Waals surface area contributed by atoms with E-state index in [1.54, 1.807) is 17.8 Å². The molecule has 21 heavy (non-hydrogen) atoms. The predicted octanol–water partition coefficient (Wildman–Crippen LogP) is 4.87. The van der Waals surface area contributed by atoms with Crippen LogP contribution in [0.3, 0.4) is 0 Å². The lowest BCUT2D eigenvalue weighted by Crippen LogP contribution is -2.08. The SMILES string of the molecule is CCSc1cccc(NCc2cccc(Br)c2)c1C(=O)O. The average molecular weight is 366 g/mol. The molecule has 0 aliphatic heterocycles. The third-order valence-corrected chi connectivity index (χ3v) is 4.35. The number of hydrogen-bond donors (Lipinski definition) is 2. The molecule has 110 valence electrons. The minimum absolute atomic E-state index is 0.347. The molecule has 0 unspecified atom stereocenters. The zero-order valence-electron chi connectivity index (χ0n) is 11.6. The van der Waals surface area contributed by atoms with Gasteiger partial charge in [0, 0.05) is 15.9 Å². The van der Waals surface area contributed by atoms with E-state index in [-0.39, 0.29) is 0 Å². The Hall–Kier alpha value is -1.46. The van der Waals surface area contributed by atoms with E-state index < -0.39 is 5.97 Å². The summed E-state index contributed by atoms with van der Waals surface area (Å²) in [5.41, 5.74) is 2.09. The molecule has 2 aromatic rings. The molecule has 0 bridgehead atoms. The largest absolute Gasteiger partial charge is 0.478 e. The van der Waals surface area contributed by atoms with E-state index in [2.05, 4.69) is 21.2 Å². The number of aromatic carboxylic acids is 1. The van der Waals surface area contributed by atoms with E-state index in [9.17, 15) is 9.90 Å². The zero-order valence-corrected chi connectivity index (χ0v) is 14.0. The average Bonchev–Trinajstić information content (AvgIpc) is 2.45. The molecule has 0 saturated heterocycles. The minimum atomic E-state index is -0.900. The predicted molar refractivity (Wildman–Crippen MR) is 91.3 cm³/mol. The number of carboxylic acids is 1. The summed E-state index contributed by atoms with van der Waals surface area (Å²) in [5.74, 6) is -0.0571. The number of anilines is 1. The van der Waals surface area contributed by atoms with Crippen LogP contribution in [0, 0.1) is 0 Å². The highest BCUT2D eigenvalue weighted by molar-refractivity contribution is 9.10. The van der Waals surface area contributed by atoms with Crippen molar-refractivity contribution >= 4 is 39.3 Å². The van der Waals surface area contributed by atoms with Crippen molar-refractivity contribution in [3.05, 3.63) is 58.1 Å². The van der Waals surface area contributed by atoms with Gasteiger partial charge in [0.2, 0.25) is 0 Å². The van der Waals surface area contributed by atoms with E-state index in [1.165, 1.54) is 0 Å². The number of hydrogen-bond acceptors (Lipinski definition) is 3. The van der Waals surface area contributed by atoms with Gasteiger partial charge in [-0.15, -0.1) is 11.8 Å². The highest BCUT2D eigenvalue weighted by Crippen LogP contribution is 2.29. The van der Waals surface area contributed by atoms with Crippen LogP contribution >= 0.6 is 27.7 Å². The molecule has 2 N–H and O–H groups in total. The van der Waals surface area contributed by atoms with Crippen molar-refractivity contribution in [3.8, 4) is 0 Å². The van der Waals surface area contributed by atoms with Crippen LogP contribution in [-0.4, -0.2) is 16.8 Å². The number of rotatable bonds is 6. The Morgan fingerprint density at radius 1 is 1.29 bits per heavy atom. The fraction of sp³-hybridized carbons (Fsp3) is 0.188. The first-order valence-electron chi connectivity index (χ1n) is 6.59. The zero-order chi connectivity index (χ0) is 15.2. The molecule has 3 nitrogen and oxygen atoms in total. The van der Waals surface area contributed by atoms with Crippen molar-refractivity contribution in [2.75, 3.05) is 11.1 Å². The third-order valence-electron chi connectivity index (χ3n) is 2.91. The first-order valence-corrected chi connectivity index (χ1v) is 8.37. The van der Waals surface area contributed by atoms with Crippen molar-refractivity contribution in [2.45, 2.75) is 18.4 Å². The van der Waals surface area contributed by atoms with E-state index in [4.69, 9.17) is 0 Å². The van der Waals surface area contributed by atoms with Gasteiger partial charge >= 0.3 is 5.97 Å². The highest BCUT2D eigenvalue weighted by atomic mass is 79.9. The molecule has 0 aliphatic rings. The second-order valence-electron chi connectivity index (χ2n) is 4.40. The van der Waals surface area contributed by atoms with Crippen LogP contribution in [0.5, 0.6) is 0 Å². The molecular weight excluding hydrogens is 350 g/mol. The monoisotopic (exact) mass is 365 g/mol. The summed E-state index contributed by atoms with van der Waals surface area (Å²) >= 11 is 4.97. The molecule has 0 aliphatic carbocycles. The molecule has 0 amide bonds. The summed E-state index contributed by atoms with van der Waals surface area (Å²) in [6, 6.07) is 13.5. The van der Waals surface area contributed by atoms with Crippen LogP contribution in [-0.2, 0) is 6.54 Å². The van der Waals surface area contributed by atoms with Crippen LogP contribution in [0.1, 0.15) is 22.8 Å². The van der Waals surface area contributed by atoms with Gasteiger partial charge in [-0.25, -0.2) is 4.79 Å². The maximum Gasteiger partial charge on any atom is 0.338 e. The number of thioether (sulfide) groups is 1. The first kappa shape index (κ1) is 15.9. The molecule has 0 atom stereocenters. The summed E-state index contributed by atoms with van der Waals surface area (Å²) in [6.45, 7) is 2.60. The van der Waals surface area contributed by atoms with Gasteiger partial charge in [0.05, 0.1) is 11.3 Å². The molecular formula is C16H16BrNO2S. The lowest BCUT2D eigenvalue weighted by molar-refractivity contribution is 0.0694. The number of benzene rings is 2. The fourth-order valence-corrected chi connectivity index (χ4v) is 3.29. The number of nitrogens with one attached hydrogen (secondary N) is 1. The Morgan fingerprint density at radius 2 is 2.05 bits per heavy atom. The lowest BCUT2D eigenvalue weighted by atomic mass is 10.1. The van der Waals surface area contributed by atoms with Crippen LogP contribution in [0.4, 0.5) is 5.69 Å². The van der Waals surface area contributed by atoms with Gasteiger partial charge in [-0.1, -0.05) is 41.1 Å². The van der Waals surface area contributed by atoms with Crippen LogP contribution in [0.15, 0.2) is 51.8 Å². The minimum Gasteiger partial charge on any atom is -0.478 e. The molecule has 5 heteroatoms. The summed E-state index contributed by atoms with van der Waals surface area (Å²) in [5, 5.41) is 12.7. The van der Waals surface area contributed by atoms with Crippen molar-refractivity contribution in [3.63, 3.8) is 0 Å². The van der Waals surface area contributed by atoms with E-state index >= 15 is 0 Å². The molecule has 2 rings (SSSR count). The smallest absolute Gasteiger partial charge is 0.338 e. The first-order chi connectivity index (χ1) is 10.1. The molecule has 0 fully saturated rings. The lowest BCUT2D eigenvalue weighted by Gasteiger charge is -2.13. The highest BCUT2D eigenvalue weighted by Gasteiger charge is 2.15. The Balaban J connectivity index is 2.23. The molecule has 0 heterocycles. The summed E-state index contributed by atoms with van der Waals surface area (Å²) in [6.07, 6.45) is 0. The Morgan fingerprint density at radius 3 is 2.71 bits per heavy atom. The second-order valence-corrected chi connectivity index (χ2v) is 6.62. The Labute approximate surface area is 136 Å². The quantitative estimate of drug-likeness (QED) is 0.716. The number of carbonyl (C=O) groups is 1. The number of carboxylic acid groups (broad SMARTS) is 1. The molecule has 0 aromatic heterocycles. The maximum absolute atomic E-state index is 11.5. The van der Waals surface area contributed by atoms with Crippen LogP contribution in [0.25, 0.3) is 0 Å². The third kappa shape index (κ3) is 4.25. The van der Waals surface area contributed by atoms with Crippen molar-refractivity contribution in [2.24, 2.45) is 0 Å². The Kier molecular flexibility index (Phi) is 5.70. The van der Waals surface area contributed by atoms with Gasteiger partial charge in [0.25, 0.3) is 0 Å². The molecule has 0 radical (unpaired) electrons. The van der Waals surface area contributed by atoms with Crippen LogP contribution < -0.4 is 5.32 Å². The molecule has 2 aromatic carbocycles. The number of halogens is 1. The van der Waals surface area contributed by atoms with Crippen molar-refractivity contribution in [1.29, 1.82) is 0 Å². The van der Waals surface area contributed by atoms with E-state index in [1.807, 2.05) is 43.3 Å². The van der Waals surface area contributed by atoms with Gasteiger partial charge in [-0.3, -0.25) is 0 Å².